The van der Waals surface area contributed by atoms with Crippen LogP contribution >= 0.6 is 0 Å². The number of benzene rings is 2. The van der Waals surface area contributed by atoms with Gasteiger partial charge in [-0.2, -0.15) is 0 Å². The van der Waals surface area contributed by atoms with Crippen molar-refractivity contribution in [1.82, 2.24) is 0 Å². The number of carbonyl (C=O) groups is 1. The summed E-state index contributed by atoms with van der Waals surface area (Å²) in [6.07, 6.45) is 0. The second kappa shape index (κ2) is 3.91. The van der Waals surface area contributed by atoms with Gasteiger partial charge in [0.1, 0.15) is 8.07 Å². The third-order valence-electron chi connectivity index (χ3n) is 4.19. The maximum absolute atomic E-state index is 12.6. The smallest absolute Gasteiger partial charge is 0.192 e. The van der Waals surface area contributed by atoms with Crippen LogP contribution in [0.4, 0.5) is 0 Å². The number of hydrogen-bond acceptors (Lipinski definition) is 1. The van der Waals surface area contributed by atoms with E-state index in [4.69, 9.17) is 0 Å². The van der Waals surface area contributed by atoms with Gasteiger partial charge in [-0.3, -0.25) is 4.79 Å². The largest absolute Gasteiger partial charge is 0.289 e. The van der Waals surface area contributed by atoms with Crippen LogP contribution in [0.25, 0.3) is 0 Å². The molecular weight excluding hydrogens is 248 g/mol. The van der Waals surface area contributed by atoms with Crippen LogP contribution in [0.3, 0.4) is 0 Å². The lowest BCUT2D eigenvalue weighted by molar-refractivity contribution is 0.104. The number of hydrogen-bond donors (Lipinski definition) is 0. The van der Waals surface area contributed by atoms with Crippen LogP contribution in [0.5, 0.6) is 0 Å². The van der Waals surface area contributed by atoms with E-state index < -0.39 is 8.07 Å². The Morgan fingerprint density at radius 2 is 1.21 bits per heavy atom. The molecule has 0 radical (unpaired) electrons. The van der Waals surface area contributed by atoms with Gasteiger partial charge in [0.05, 0.1) is 0 Å². The maximum Gasteiger partial charge on any atom is 0.192 e. The summed E-state index contributed by atoms with van der Waals surface area (Å²) in [6.45, 7) is 8.88. The summed E-state index contributed by atoms with van der Waals surface area (Å²) >= 11 is 0. The first-order valence-corrected chi connectivity index (χ1v) is 9.68. The van der Waals surface area contributed by atoms with E-state index in [-0.39, 0.29) is 5.78 Å². The highest BCUT2D eigenvalue weighted by Gasteiger charge is 2.38. The SMILES string of the molecule is Cc1ccc2c(c1)[Si](C)(C)c1cc(C)ccc1C2=O. The van der Waals surface area contributed by atoms with Gasteiger partial charge in [-0.25, -0.2) is 0 Å². The molecule has 0 amide bonds. The molecule has 0 aliphatic carbocycles. The zero-order chi connectivity index (χ0) is 13.8. The van der Waals surface area contributed by atoms with Crippen LogP contribution in [0.1, 0.15) is 27.0 Å². The average molecular weight is 266 g/mol. The molecule has 3 rings (SSSR count). The predicted molar refractivity (Wildman–Crippen MR) is 82.5 cm³/mol. The molecule has 2 aromatic carbocycles. The van der Waals surface area contributed by atoms with Crippen LogP contribution < -0.4 is 10.4 Å². The first-order chi connectivity index (χ1) is 8.91. The molecule has 1 heterocycles. The Hall–Kier alpha value is -1.67. The molecule has 0 saturated carbocycles. The molecule has 0 aromatic heterocycles. The van der Waals surface area contributed by atoms with E-state index in [1.165, 1.54) is 21.5 Å². The Balaban J connectivity index is 2.36. The lowest BCUT2D eigenvalue weighted by Crippen LogP contribution is -2.59. The molecule has 1 aliphatic heterocycles. The minimum Gasteiger partial charge on any atom is -0.289 e. The summed E-state index contributed by atoms with van der Waals surface area (Å²) in [5.41, 5.74) is 4.31. The zero-order valence-electron chi connectivity index (χ0n) is 11.9. The quantitative estimate of drug-likeness (QED) is 0.670. The van der Waals surface area contributed by atoms with Crippen molar-refractivity contribution in [3.8, 4) is 0 Å². The molecule has 1 aliphatic rings. The molecule has 0 unspecified atom stereocenters. The number of rotatable bonds is 0. The maximum atomic E-state index is 12.6. The van der Waals surface area contributed by atoms with Crippen molar-refractivity contribution in [2.45, 2.75) is 26.9 Å². The lowest BCUT2D eigenvalue weighted by atomic mass is 10.00. The minimum absolute atomic E-state index is 0.192. The van der Waals surface area contributed by atoms with Gasteiger partial charge in [-0.15, -0.1) is 0 Å². The van der Waals surface area contributed by atoms with Crippen LogP contribution in [-0.2, 0) is 0 Å². The molecule has 0 bridgehead atoms. The van der Waals surface area contributed by atoms with Crippen molar-refractivity contribution < 1.29 is 4.79 Å². The number of carbonyl (C=O) groups excluding carboxylic acids is 1. The van der Waals surface area contributed by atoms with Gasteiger partial charge in [0.2, 0.25) is 0 Å². The minimum atomic E-state index is -1.76. The highest BCUT2D eigenvalue weighted by Crippen LogP contribution is 2.21. The summed E-state index contributed by atoms with van der Waals surface area (Å²) in [6, 6.07) is 12.5. The van der Waals surface area contributed by atoms with Gasteiger partial charge in [0.15, 0.2) is 5.78 Å². The fourth-order valence-corrected chi connectivity index (χ4v) is 6.24. The number of fused-ring (bicyclic) bond motifs is 2. The molecule has 2 aromatic rings. The van der Waals surface area contributed by atoms with E-state index in [0.29, 0.717) is 0 Å². The summed E-state index contributed by atoms with van der Waals surface area (Å²) in [5.74, 6) is 0.192. The van der Waals surface area contributed by atoms with E-state index in [2.05, 4.69) is 39.1 Å². The van der Waals surface area contributed by atoms with Crippen molar-refractivity contribution >= 4 is 24.2 Å². The van der Waals surface area contributed by atoms with E-state index in [1.54, 1.807) is 0 Å². The Labute approximate surface area is 115 Å². The monoisotopic (exact) mass is 266 g/mol. The molecule has 19 heavy (non-hydrogen) atoms. The van der Waals surface area contributed by atoms with E-state index in [9.17, 15) is 4.79 Å². The molecule has 0 fully saturated rings. The Bertz CT molecular complexity index is 641. The highest BCUT2D eigenvalue weighted by molar-refractivity contribution is 7.02. The Morgan fingerprint density at radius 1 is 0.789 bits per heavy atom. The highest BCUT2D eigenvalue weighted by atomic mass is 28.3. The molecule has 0 saturated heterocycles. The molecular formula is C17H18OSi. The number of aryl methyl sites for hydroxylation is 2. The van der Waals surface area contributed by atoms with Crippen LogP contribution in [0.2, 0.25) is 13.1 Å². The Kier molecular flexibility index (Phi) is 2.54. The van der Waals surface area contributed by atoms with Crippen LogP contribution in [-0.4, -0.2) is 13.9 Å². The van der Waals surface area contributed by atoms with Gasteiger partial charge >= 0.3 is 0 Å². The van der Waals surface area contributed by atoms with Gasteiger partial charge < -0.3 is 0 Å². The average Bonchev–Trinajstić information content (AvgIpc) is 2.36. The molecule has 1 nitrogen and oxygen atoms in total. The van der Waals surface area contributed by atoms with Gasteiger partial charge in [0.25, 0.3) is 0 Å². The first-order valence-electron chi connectivity index (χ1n) is 6.68. The second-order valence-corrected chi connectivity index (χ2v) is 10.4. The van der Waals surface area contributed by atoms with Crippen molar-refractivity contribution in [1.29, 1.82) is 0 Å². The van der Waals surface area contributed by atoms with Crippen molar-refractivity contribution in [2.24, 2.45) is 0 Å². The molecule has 0 atom stereocenters. The summed E-state index contributed by atoms with van der Waals surface area (Å²) in [7, 11) is -1.76. The Morgan fingerprint density at radius 3 is 1.63 bits per heavy atom. The van der Waals surface area contributed by atoms with E-state index in [1.807, 2.05) is 24.3 Å². The molecule has 96 valence electrons. The van der Waals surface area contributed by atoms with Crippen molar-refractivity contribution in [3.05, 3.63) is 58.7 Å². The second-order valence-electron chi connectivity index (χ2n) is 6.05. The topological polar surface area (TPSA) is 17.1 Å². The molecule has 0 N–H and O–H groups in total. The third kappa shape index (κ3) is 1.71. The van der Waals surface area contributed by atoms with E-state index in [0.717, 1.165) is 11.1 Å². The lowest BCUT2D eigenvalue weighted by Gasteiger charge is -2.33. The molecule has 0 spiro atoms. The third-order valence-corrected chi connectivity index (χ3v) is 7.71. The van der Waals surface area contributed by atoms with Crippen molar-refractivity contribution in [2.75, 3.05) is 0 Å². The standard InChI is InChI=1S/C17H18OSi/c1-11-5-7-13-15(9-11)19(3,4)16-10-12(2)6-8-14(16)17(13)18/h5-10H,1-4H3. The van der Waals surface area contributed by atoms with E-state index >= 15 is 0 Å². The normalized spacial score (nSPS) is 15.9. The zero-order valence-corrected chi connectivity index (χ0v) is 12.9. The van der Waals surface area contributed by atoms with Gasteiger partial charge in [-0.1, -0.05) is 60.6 Å². The van der Waals surface area contributed by atoms with Crippen molar-refractivity contribution in [3.63, 3.8) is 0 Å². The number of ketones is 1. The predicted octanol–water partition coefficient (Wildman–Crippen LogP) is 2.67. The fourth-order valence-electron chi connectivity index (χ4n) is 3.04. The summed E-state index contributed by atoms with van der Waals surface area (Å²) in [5, 5.41) is 2.58. The van der Waals surface area contributed by atoms with Crippen LogP contribution in [0, 0.1) is 13.8 Å². The van der Waals surface area contributed by atoms with Crippen LogP contribution in [0.15, 0.2) is 36.4 Å². The summed E-state index contributed by atoms with van der Waals surface area (Å²) in [4.78, 5) is 12.6. The molecule has 2 heteroatoms. The van der Waals surface area contributed by atoms with Gasteiger partial charge in [0, 0.05) is 11.1 Å². The fraction of sp³-hybridized carbons (Fsp3) is 0.235. The van der Waals surface area contributed by atoms with Gasteiger partial charge in [-0.05, 0) is 24.2 Å². The summed E-state index contributed by atoms with van der Waals surface area (Å²) < 4.78 is 0. The first kappa shape index (κ1) is 12.4.